The second kappa shape index (κ2) is 6.32. The van der Waals surface area contributed by atoms with Gasteiger partial charge in [0.05, 0.1) is 21.8 Å². The largest absolute Gasteiger partial charge is 0.322 e. The van der Waals surface area contributed by atoms with Crippen LogP contribution in [0.4, 0.5) is 23.7 Å². The van der Waals surface area contributed by atoms with Crippen molar-refractivity contribution in [3.63, 3.8) is 0 Å². The molecule has 2 aliphatic rings. The summed E-state index contributed by atoms with van der Waals surface area (Å²) < 4.78 is 41.5. The monoisotopic (exact) mass is 401 g/mol. The number of nitrogens with zero attached hydrogens (tertiary/aromatic N) is 2. The maximum absolute atomic E-state index is 14.0. The molecule has 2 aliphatic heterocycles. The van der Waals surface area contributed by atoms with Crippen molar-refractivity contribution >= 4 is 34.9 Å². The van der Waals surface area contributed by atoms with Crippen molar-refractivity contribution < 1.29 is 18.0 Å². The molecule has 0 saturated carbocycles. The van der Waals surface area contributed by atoms with Gasteiger partial charge < -0.3 is 10.2 Å². The van der Waals surface area contributed by atoms with E-state index in [1.165, 1.54) is 17.2 Å². The lowest BCUT2D eigenvalue weighted by Gasteiger charge is -2.36. The van der Waals surface area contributed by atoms with Crippen molar-refractivity contribution in [3.05, 3.63) is 57.1 Å². The van der Waals surface area contributed by atoms with Crippen molar-refractivity contribution in [1.82, 2.24) is 9.88 Å². The Balaban J connectivity index is 1.64. The molecular formula is C17H12Cl2F3N3O. The number of rotatable bonds is 1. The van der Waals surface area contributed by atoms with Crippen molar-refractivity contribution in [2.24, 2.45) is 0 Å². The Kier molecular flexibility index (Phi) is 4.23. The summed E-state index contributed by atoms with van der Waals surface area (Å²) in [5.41, 5.74) is 0.648. The third-order valence-corrected chi connectivity index (χ3v) is 5.62. The van der Waals surface area contributed by atoms with Crippen LogP contribution in [-0.2, 0) is 6.42 Å². The van der Waals surface area contributed by atoms with Crippen LogP contribution in [0.3, 0.4) is 0 Å². The number of anilines is 1. The van der Waals surface area contributed by atoms with Crippen molar-refractivity contribution in [1.29, 1.82) is 0 Å². The van der Waals surface area contributed by atoms with Crippen LogP contribution >= 0.6 is 23.2 Å². The van der Waals surface area contributed by atoms with Gasteiger partial charge in [0.15, 0.2) is 5.82 Å². The van der Waals surface area contributed by atoms with Gasteiger partial charge in [0.2, 0.25) is 5.95 Å². The van der Waals surface area contributed by atoms with Gasteiger partial charge in [0.25, 0.3) is 0 Å². The van der Waals surface area contributed by atoms with Crippen LogP contribution in [0.25, 0.3) is 0 Å². The summed E-state index contributed by atoms with van der Waals surface area (Å²) in [4.78, 5) is 17.7. The first kappa shape index (κ1) is 17.4. The number of pyridine rings is 1. The summed E-state index contributed by atoms with van der Waals surface area (Å²) in [5.74, 6) is -2.82. The number of benzene rings is 1. The topological polar surface area (TPSA) is 45.2 Å². The smallest absolute Gasteiger partial charge is 0.314 e. The van der Waals surface area contributed by atoms with Crippen LogP contribution in [0.2, 0.25) is 10.0 Å². The summed E-state index contributed by atoms with van der Waals surface area (Å²) in [5, 5.41) is 2.63. The Morgan fingerprint density at radius 3 is 2.69 bits per heavy atom. The van der Waals surface area contributed by atoms with E-state index < -0.39 is 29.7 Å². The SMILES string of the molecule is O=C(Nc1cc(Cl)c(Cl)cc1F)N1[C@@H]2CC[C@H]1c1cnc(F)c(F)c1C2. The minimum absolute atomic E-state index is 0.0395. The first-order chi connectivity index (χ1) is 12.4. The number of urea groups is 1. The predicted octanol–water partition coefficient (Wildman–Crippen LogP) is 5.10. The predicted molar refractivity (Wildman–Crippen MR) is 90.9 cm³/mol. The molecule has 1 aromatic carbocycles. The molecule has 0 aliphatic carbocycles. The quantitative estimate of drug-likeness (QED) is 0.533. The van der Waals surface area contributed by atoms with Crippen LogP contribution in [0.15, 0.2) is 18.3 Å². The molecule has 2 atom stereocenters. The fourth-order valence-electron chi connectivity index (χ4n) is 3.74. The van der Waals surface area contributed by atoms with Gasteiger partial charge in [-0.2, -0.15) is 4.39 Å². The van der Waals surface area contributed by atoms with E-state index in [-0.39, 0.29) is 33.8 Å². The minimum atomic E-state index is -1.14. The molecule has 0 radical (unpaired) electrons. The van der Waals surface area contributed by atoms with Crippen LogP contribution < -0.4 is 5.32 Å². The van der Waals surface area contributed by atoms with Gasteiger partial charge in [-0.05, 0) is 37.0 Å². The van der Waals surface area contributed by atoms with E-state index in [0.717, 1.165) is 6.07 Å². The molecule has 26 heavy (non-hydrogen) atoms. The zero-order chi connectivity index (χ0) is 18.6. The highest BCUT2D eigenvalue weighted by Gasteiger charge is 2.44. The standard InChI is InChI=1S/C17H12Cl2F3N3O/c18-10-4-12(20)13(5-11(10)19)24-17(26)25-7-1-2-14(25)9-6-23-16(22)15(21)8(9)3-7/h4-7,14H,1-3H2,(H,24,26)/t7-,14+/m1/s1. The molecular weight excluding hydrogens is 390 g/mol. The Hall–Kier alpha value is -1.99. The number of amides is 2. The maximum atomic E-state index is 14.0. The van der Waals surface area contributed by atoms with Crippen LogP contribution in [0.1, 0.15) is 30.0 Å². The molecule has 0 unspecified atom stereocenters. The summed E-state index contributed by atoms with van der Waals surface area (Å²) in [6, 6.07) is 0.979. The molecule has 3 heterocycles. The minimum Gasteiger partial charge on any atom is -0.314 e. The molecule has 2 aromatic rings. The molecule has 4 nitrogen and oxygen atoms in total. The summed E-state index contributed by atoms with van der Waals surface area (Å²) in [7, 11) is 0. The van der Waals surface area contributed by atoms with E-state index >= 15 is 0 Å². The Morgan fingerprint density at radius 1 is 1.19 bits per heavy atom. The highest BCUT2D eigenvalue weighted by Crippen LogP contribution is 2.44. The molecule has 1 N–H and O–H groups in total. The van der Waals surface area contributed by atoms with Gasteiger partial charge in [0.1, 0.15) is 5.82 Å². The first-order valence-electron chi connectivity index (χ1n) is 7.93. The van der Waals surface area contributed by atoms with Gasteiger partial charge in [-0.1, -0.05) is 23.2 Å². The molecule has 4 rings (SSSR count). The highest BCUT2D eigenvalue weighted by atomic mass is 35.5. The number of fused-ring (bicyclic) bond motifs is 4. The van der Waals surface area contributed by atoms with Gasteiger partial charge in [-0.3, -0.25) is 0 Å². The zero-order valence-corrected chi connectivity index (χ0v) is 14.7. The summed E-state index contributed by atoms with van der Waals surface area (Å²) >= 11 is 11.6. The number of nitrogens with one attached hydrogen (secondary N) is 1. The van der Waals surface area contributed by atoms with Gasteiger partial charge >= 0.3 is 6.03 Å². The lowest BCUT2D eigenvalue weighted by Crippen LogP contribution is -2.44. The van der Waals surface area contributed by atoms with Crippen molar-refractivity contribution in [2.75, 3.05) is 5.32 Å². The zero-order valence-electron chi connectivity index (χ0n) is 13.2. The number of carbonyl (C=O) groups excluding carboxylic acids is 1. The molecule has 2 bridgehead atoms. The fraction of sp³-hybridized carbons (Fsp3) is 0.294. The van der Waals surface area contributed by atoms with E-state index in [9.17, 15) is 18.0 Å². The van der Waals surface area contributed by atoms with E-state index in [2.05, 4.69) is 10.3 Å². The number of hydrogen-bond acceptors (Lipinski definition) is 2. The molecule has 9 heteroatoms. The van der Waals surface area contributed by atoms with Crippen molar-refractivity contribution in [3.8, 4) is 0 Å². The van der Waals surface area contributed by atoms with Gasteiger partial charge in [-0.15, -0.1) is 0 Å². The fourth-order valence-corrected chi connectivity index (χ4v) is 4.05. The van der Waals surface area contributed by atoms with E-state index in [4.69, 9.17) is 23.2 Å². The molecule has 136 valence electrons. The van der Waals surface area contributed by atoms with Crippen LogP contribution in [0, 0.1) is 17.6 Å². The van der Waals surface area contributed by atoms with E-state index in [1.54, 1.807) is 0 Å². The summed E-state index contributed by atoms with van der Waals surface area (Å²) in [6.45, 7) is 0. The van der Waals surface area contributed by atoms with E-state index in [0.29, 0.717) is 18.4 Å². The Labute approximate surface area is 156 Å². The second-order valence-electron chi connectivity index (χ2n) is 6.33. The maximum Gasteiger partial charge on any atom is 0.322 e. The Morgan fingerprint density at radius 2 is 1.92 bits per heavy atom. The normalized spacial score (nSPS) is 20.9. The van der Waals surface area contributed by atoms with Gasteiger partial charge in [-0.25, -0.2) is 18.6 Å². The average Bonchev–Trinajstić information content (AvgIpc) is 2.91. The number of aromatic nitrogens is 1. The number of hydrogen-bond donors (Lipinski definition) is 1. The lowest BCUT2D eigenvalue weighted by molar-refractivity contribution is 0.177. The van der Waals surface area contributed by atoms with E-state index in [1.807, 2.05) is 0 Å². The van der Waals surface area contributed by atoms with Crippen LogP contribution in [-0.4, -0.2) is 22.0 Å². The number of carbonyl (C=O) groups is 1. The van der Waals surface area contributed by atoms with Crippen LogP contribution in [0.5, 0.6) is 0 Å². The third-order valence-electron chi connectivity index (χ3n) is 4.90. The molecule has 1 fully saturated rings. The highest BCUT2D eigenvalue weighted by molar-refractivity contribution is 6.42. The first-order valence-corrected chi connectivity index (χ1v) is 8.69. The second-order valence-corrected chi connectivity index (χ2v) is 7.15. The molecule has 1 aromatic heterocycles. The average molecular weight is 402 g/mol. The molecule has 2 amide bonds. The lowest BCUT2D eigenvalue weighted by atomic mass is 9.95. The third kappa shape index (κ3) is 2.70. The molecule has 1 saturated heterocycles. The Bertz CT molecular complexity index is 925. The molecule has 0 spiro atoms. The van der Waals surface area contributed by atoms with Crippen molar-refractivity contribution in [2.45, 2.75) is 31.3 Å². The van der Waals surface area contributed by atoms with Gasteiger partial charge in [0, 0.05) is 17.8 Å². The summed E-state index contributed by atoms with van der Waals surface area (Å²) in [6.07, 6.45) is 2.69. The number of halogens is 5.